The first-order valence-corrected chi connectivity index (χ1v) is 7.00. The van der Waals surface area contributed by atoms with E-state index in [0.29, 0.717) is 12.3 Å². The molecule has 106 valence electrons. The molecule has 1 aliphatic rings. The zero-order chi connectivity index (χ0) is 14.3. The van der Waals surface area contributed by atoms with E-state index in [0.717, 1.165) is 24.1 Å². The van der Waals surface area contributed by atoms with Crippen LogP contribution in [-0.4, -0.2) is 36.0 Å². The number of furan rings is 1. The zero-order valence-electron chi connectivity index (χ0n) is 12.2. The topological polar surface area (TPSA) is 45.5 Å². The fourth-order valence-corrected chi connectivity index (χ4v) is 2.76. The standard InChI is InChI=1S/C16H20N2O2/c1-11-4-5-13-12(8-11)9-14(20-13)15(19)18-7-6-17-10-16(18,2)3/h4-5,8-9,17H,6-7,10H2,1-3H3. The first kappa shape index (κ1) is 13.2. The number of aryl methyl sites for hydroxylation is 1. The minimum Gasteiger partial charge on any atom is -0.451 e. The largest absolute Gasteiger partial charge is 0.451 e. The number of carbonyl (C=O) groups excluding carboxylic acids is 1. The van der Waals surface area contributed by atoms with Crippen LogP contribution in [0.3, 0.4) is 0 Å². The number of rotatable bonds is 1. The van der Waals surface area contributed by atoms with Crippen LogP contribution in [0.25, 0.3) is 11.0 Å². The Balaban J connectivity index is 1.95. The molecule has 3 rings (SSSR count). The smallest absolute Gasteiger partial charge is 0.290 e. The van der Waals surface area contributed by atoms with E-state index in [9.17, 15) is 4.79 Å². The summed E-state index contributed by atoms with van der Waals surface area (Å²) in [5.41, 5.74) is 1.75. The normalized spacial score (nSPS) is 18.4. The fourth-order valence-electron chi connectivity index (χ4n) is 2.76. The number of nitrogens with one attached hydrogen (secondary N) is 1. The minimum atomic E-state index is -0.190. The SMILES string of the molecule is Cc1ccc2oc(C(=O)N3CCNCC3(C)C)cc2c1. The van der Waals surface area contributed by atoms with Crippen LogP contribution in [0.15, 0.2) is 28.7 Å². The van der Waals surface area contributed by atoms with Crippen molar-refractivity contribution >= 4 is 16.9 Å². The zero-order valence-corrected chi connectivity index (χ0v) is 12.2. The van der Waals surface area contributed by atoms with Crippen LogP contribution in [0, 0.1) is 6.92 Å². The number of hydrogen-bond acceptors (Lipinski definition) is 3. The second-order valence-electron chi connectivity index (χ2n) is 6.10. The van der Waals surface area contributed by atoms with Crippen molar-refractivity contribution in [1.29, 1.82) is 0 Å². The van der Waals surface area contributed by atoms with Crippen LogP contribution in [0.1, 0.15) is 30.0 Å². The Morgan fingerprint density at radius 2 is 2.15 bits per heavy atom. The van der Waals surface area contributed by atoms with Crippen molar-refractivity contribution in [3.63, 3.8) is 0 Å². The summed E-state index contributed by atoms with van der Waals surface area (Å²) in [5.74, 6) is 0.408. The van der Waals surface area contributed by atoms with Gasteiger partial charge >= 0.3 is 0 Å². The third-order valence-corrected chi connectivity index (χ3v) is 3.93. The Morgan fingerprint density at radius 1 is 1.35 bits per heavy atom. The second kappa shape index (κ2) is 4.63. The van der Waals surface area contributed by atoms with Crippen molar-refractivity contribution in [2.45, 2.75) is 26.3 Å². The molecule has 20 heavy (non-hydrogen) atoms. The summed E-state index contributed by atoms with van der Waals surface area (Å²) in [6.45, 7) is 8.52. The maximum Gasteiger partial charge on any atom is 0.290 e. The minimum absolute atomic E-state index is 0.0228. The predicted molar refractivity (Wildman–Crippen MR) is 78.9 cm³/mol. The molecular formula is C16H20N2O2. The Bertz CT molecular complexity index is 658. The predicted octanol–water partition coefficient (Wildman–Crippen LogP) is 2.57. The highest BCUT2D eigenvalue weighted by molar-refractivity contribution is 5.96. The first-order valence-electron chi connectivity index (χ1n) is 7.00. The van der Waals surface area contributed by atoms with Gasteiger partial charge in [-0.1, -0.05) is 11.6 Å². The Hall–Kier alpha value is -1.81. The fraction of sp³-hybridized carbons (Fsp3) is 0.438. The van der Waals surface area contributed by atoms with Crippen molar-refractivity contribution in [2.24, 2.45) is 0 Å². The average molecular weight is 272 g/mol. The average Bonchev–Trinajstić information content (AvgIpc) is 2.80. The molecule has 1 aliphatic heterocycles. The first-order chi connectivity index (χ1) is 9.47. The molecule has 1 fully saturated rings. The van der Waals surface area contributed by atoms with Crippen LogP contribution < -0.4 is 5.32 Å². The quantitative estimate of drug-likeness (QED) is 0.868. The molecule has 1 N–H and O–H groups in total. The van der Waals surface area contributed by atoms with E-state index in [1.54, 1.807) is 0 Å². The van der Waals surface area contributed by atoms with Crippen molar-refractivity contribution < 1.29 is 9.21 Å². The maximum absolute atomic E-state index is 12.7. The molecule has 0 spiro atoms. The molecule has 0 aliphatic carbocycles. The van der Waals surface area contributed by atoms with Gasteiger partial charge in [-0.2, -0.15) is 0 Å². The van der Waals surface area contributed by atoms with E-state index in [4.69, 9.17) is 4.42 Å². The van der Waals surface area contributed by atoms with Crippen molar-refractivity contribution in [2.75, 3.05) is 19.6 Å². The Kier molecular flexibility index (Phi) is 3.05. The van der Waals surface area contributed by atoms with Gasteiger partial charge < -0.3 is 14.6 Å². The van der Waals surface area contributed by atoms with Crippen LogP contribution in [0.4, 0.5) is 0 Å². The summed E-state index contributed by atoms with van der Waals surface area (Å²) in [6.07, 6.45) is 0. The highest BCUT2D eigenvalue weighted by atomic mass is 16.3. The molecule has 0 saturated carbocycles. The summed E-state index contributed by atoms with van der Waals surface area (Å²) >= 11 is 0. The van der Waals surface area contributed by atoms with Gasteiger partial charge in [-0.15, -0.1) is 0 Å². The number of amides is 1. The molecule has 1 saturated heterocycles. The van der Waals surface area contributed by atoms with E-state index < -0.39 is 0 Å². The van der Waals surface area contributed by atoms with Gasteiger partial charge in [0.1, 0.15) is 5.58 Å². The van der Waals surface area contributed by atoms with Gasteiger partial charge in [0.25, 0.3) is 5.91 Å². The number of piperazine rings is 1. The lowest BCUT2D eigenvalue weighted by Gasteiger charge is -2.42. The Labute approximate surface area is 118 Å². The van der Waals surface area contributed by atoms with Gasteiger partial charge in [-0.25, -0.2) is 0 Å². The van der Waals surface area contributed by atoms with Gasteiger partial charge in [0.15, 0.2) is 5.76 Å². The van der Waals surface area contributed by atoms with Gasteiger partial charge in [0.2, 0.25) is 0 Å². The van der Waals surface area contributed by atoms with Gasteiger partial charge in [0, 0.05) is 25.0 Å². The molecule has 1 aromatic carbocycles. The molecule has 0 atom stereocenters. The lowest BCUT2D eigenvalue weighted by Crippen LogP contribution is -2.59. The number of nitrogens with zero attached hydrogens (tertiary/aromatic N) is 1. The maximum atomic E-state index is 12.7. The lowest BCUT2D eigenvalue weighted by atomic mass is 10.00. The molecule has 2 heterocycles. The van der Waals surface area contributed by atoms with E-state index in [-0.39, 0.29) is 11.4 Å². The van der Waals surface area contributed by atoms with Gasteiger partial charge in [-0.05, 0) is 39.0 Å². The van der Waals surface area contributed by atoms with Crippen LogP contribution in [0.2, 0.25) is 0 Å². The van der Waals surface area contributed by atoms with Crippen molar-refractivity contribution in [3.8, 4) is 0 Å². The molecule has 0 radical (unpaired) electrons. The molecule has 0 bridgehead atoms. The molecule has 1 aromatic heterocycles. The summed E-state index contributed by atoms with van der Waals surface area (Å²) in [4.78, 5) is 14.6. The van der Waals surface area contributed by atoms with E-state index >= 15 is 0 Å². The van der Waals surface area contributed by atoms with Crippen molar-refractivity contribution in [3.05, 3.63) is 35.6 Å². The molecular weight excluding hydrogens is 252 g/mol. The highest BCUT2D eigenvalue weighted by Gasteiger charge is 2.35. The number of fused-ring (bicyclic) bond motifs is 1. The number of benzene rings is 1. The van der Waals surface area contributed by atoms with Crippen LogP contribution in [-0.2, 0) is 0 Å². The van der Waals surface area contributed by atoms with Gasteiger partial charge in [-0.3, -0.25) is 4.79 Å². The molecule has 2 aromatic rings. The summed E-state index contributed by atoms with van der Waals surface area (Å²) < 4.78 is 5.72. The second-order valence-corrected chi connectivity index (χ2v) is 6.10. The summed E-state index contributed by atoms with van der Waals surface area (Å²) in [7, 11) is 0. The monoisotopic (exact) mass is 272 g/mol. The lowest BCUT2D eigenvalue weighted by molar-refractivity contribution is 0.0448. The molecule has 4 nitrogen and oxygen atoms in total. The third-order valence-electron chi connectivity index (χ3n) is 3.93. The van der Waals surface area contributed by atoms with Crippen LogP contribution >= 0.6 is 0 Å². The molecule has 1 amide bonds. The number of hydrogen-bond donors (Lipinski definition) is 1. The summed E-state index contributed by atoms with van der Waals surface area (Å²) in [6, 6.07) is 7.81. The van der Waals surface area contributed by atoms with E-state index in [1.165, 1.54) is 5.56 Å². The number of carbonyl (C=O) groups is 1. The molecule has 0 unspecified atom stereocenters. The van der Waals surface area contributed by atoms with E-state index in [1.807, 2.05) is 36.1 Å². The molecule has 4 heteroatoms. The summed E-state index contributed by atoms with van der Waals surface area (Å²) in [5, 5.41) is 4.31. The Morgan fingerprint density at radius 3 is 2.90 bits per heavy atom. The van der Waals surface area contributed by atoms with Gasteiger partial charge in [0.05, 0.1) is 5.54 Å². The third kappa shape index (κ3) is 2.20. The van der Waals surface area contributed by atoms with Crippen LogP contribution in [0.5, 0.6) is 0 Å². The van der Waals surface area contributed by atoms with Crippen molar-refractivity contribution in [1.82, 2.24) is 10.2 Å². The highest BCUT2D eigenvalue weighted by Crippen LogP contribution is 2.25. The van der Waals surface area contributed by atoms with E-state index in [2.05, 4.69) is 19.2 Å².